The molecular weight excluding hydrogens is 409 g/mol. The maximum Gasteiger partial charge on any atom is 0.410 e. The van der Waals surface area contributed by atoms with Crippen LogP contribution in [0.2, 0.25) is 0 Å². The molecule has 23 heavy (non-hydrogen) atoms. The number of carboxylic acid groups (broad SMARTS) is 1. The molecule has 0 aliphatic carbocycles. The zero-order valence-corrected chi connectivity index (χ0v) is 15.7. The zero-order valence-electron chi connectivity index (χ0n) is 13.6. The average molecular weight is 431 g/mol. The molecule has 1 amide bonds. The number of rotatable bonds is 2. The largest absolute Gasteiger partial charge is 0.481 e. The number of benzene rings is 1. The third-order valence-corrected chi connectivity index (χ3v) is 4.60. The Labute approximate surface area is 150 Å². The molecule has 0 saturated carbocycles. The summed E-state index contributed by atoms with van der Waals surface area (Å²) in [6.45, 7) is 6.25. The number of piperidine rings is 1. The third-order valence-electron chi connectivity index (χ3n) is 3.88. The van der Waals surface area contributed by atoms with Crippen LogP contribution in [0.25, 0.3) is 0 Å². The highest BCUT2D eigenvalue weighted by Gasteiger charge is 2.37. The van der Waals surface area contributed by atoms with Crippen LogP contribution in [-0.4, -0.2) is 40.8 Å². The van der Waals surface area contributed by atoms with Crippen LogP contribution in [0.15, 0.2) is 24.3 Å². The molecule has 1 fully saturated rings. The fourth-order valence-corrected chi connectivity index (χ4v) is 3.15. The first-order valence-corrected chi connectivity index (χ1v) is 8.71. The Morgan fingerprint density at radius 3 is 2.39 bits per heavy atom. The van der Waals surface area contributed by atoms with Gasteiger partial charge in [-0.25, -0.2) is 4.79 Å². The second-order valence-electron chi connectivity index (χ2n) is 6.82. The molecule has 0 bridgehead atoms. The van der Waals surface area contributed by atoms with Gasteiger partial charge in [-0.2, -0.15) is 0 Å². The lowest BCUT2D eigenvalue weighted by Crippen LogP contribution is -2.46. The number of hydrogen-bond acceptors (Lipinski definition) is 3. The molecule has 1 aromatic carbocycles. The summed E-state index contributed by atoms with van der Waals surface area (Å²) in [5.74, 6) is -1.50. The van der Waals surface area contributed by atoms with Crippen LogP contribution in [0.1, 0.15) is 38.7 Å². The smallest absolute Gasteiger partial charge is 0.410 e. The van der Waals surface area contributed by atoms with Crippen molar-refractivity contribution in [2.75, 3.05) is 13.1 Å². The summed E-state index contributed by atoms with van der Waals surface area (Å²) >= 11 is 2.21. The molecule has 126 valence electrons. The Hall–Kier alpha value is -1.31. The van der Waals surface area contributed by atoms with Crippen molar-refractivity contribution in [1.29, 1.82) is 0 Å². The molecule has 2 atom stereocenters. The van der Waals surface area contributed by atoms with Crippen LogP contribution in [0.4, 0.5) is 4.79 Å². The van der Waals surface area contributed by atoms with Crippen molar-refractivity contribution in [2.45, 2.75) is 38.7 Å². The minimum atomic E-state index is -0.808. The highest BCUT2D eigenvalue weighted by Crippen LogP contribution is 2.33. The molecule has 1 aliphatic heterocycles. The Balaban J connectivity index is 2.19. The number of aliphatic carboxylic acids is 1. The molecule has 1 heterocycles. The van der Waals surface area contributed by atoms with E-state index < -0.39 is 17.5 Å². The normalized spacial score (nSPS) is 21.8. The van der Waals surface area contributed by atoms with Gasteiger partial charge in [0.1, 0.15) is 5.60 Å². The lowest BCUT2D eigenvalue weighted by molar-refractivity contribution is -0.144. The number of carbonyl (C=O) groups is 2. The summed E-state index contributed by atoms with van der Waals surface area (Å²) in [6.07, 6.45) is 0.0578. The van der Waals surface area contributed by atoms with E-state index in [9.17, 15) is 14.7 Å². The van der Waals surface area contributed by atoms with Gasteiger partial charge in [-0.1, -0.05) is 12.1 Å². The van der Waals surface area contributed by atoms with Gasteiger partial charge in [-0.15, -0.1) is 0 Å². The van der Waals surface area contributed by atoms with E-state index in [1.54, 1.807) is 4.90 Å². The molecule has 1 saturated heterocycles. The summed E-state index contributed by atoms with van der Waals surface area (Å²) in [7, 11) is 0. The van der Waals surface area contributed by atoms with E-state index in [-0.39, 0.29) is 12.0 Å². The Kier molecular flexibility index (Phi) is 5.54. The maximum atomic E-state index is 12.3. The summed E-state index contributed by atoms with van der Waals surface area (Å²) in [6, 6.07) is 7.81. The van der Waals surface area contributed by atoms with Crippen LogP contribution >= 0.6 is 22.6 Å². The van der Waals surface area contributed by atoms with Crippen molar-refractivity contribution in [1.82, 2.24) is 4.90 Å². The van der Waals surface area contributed by atoms with Gasteiger partial charge < -0.3 is 14.7 Å². The maximum absolute atomic E-state index is 12.3. The Morgan fingerprint density at radius 1 is 1.26 bits per heavy atom. The van der Waals surface area contributed by atoms with Crippen molar-refractivity contribution >= 4 is 34.7 Å². The molecule has 5 nitrogen and oxygen atoms in total. The predicted octanol–water partition coefficient (Wildman–Crippen LogP) is 3.72. The number of amides is 1. The standard InChI is InChI=1S/C17H22INO4/c1-17(2,3)23-16(22)19-9-8-13(15(20)21)14(10-19)11-4-6-12(18)7-5-11/h4-7,13-14H,8-10H2,1-3H3,(H,20,21)/t13-,14+/m0/s1. The van der Waals surface area contributed by atoms with Gasteiger partial charge in [0.05, 0.1) is 5.92 Å². The van der Waals surface area contributed by atoms with E-state index in [2.05, 4.69) is 22.6 Å². The lowest BCUT2D eigenvalue weighted by atomic mass is 9.81. The average Bonchev–Trinajstić information content (AvgIpc) is 2.45. The third kappa shape index (κ3) is 4.83. The molecule has 0 radical (unpaired) electrons. The van der Waals surface area contributed by atoms with Gasteiger partial charge in [-0.3, -0.25) is 4.79 Å². The van der Waals surface area contributed by atoms with E-state index in [0.29, 0.717) is 19.5 Å². The summed E-state index contributed by atoms with van der Waals surface area (Å²) < 4.78 is 6.51. The number of halogens is 1. The van der Waals surface area contributed by atoms with E-state index in [1.807, 2.05) is 45.0 Å². The minimum Gasteiger partial charge on any atom is -0.481 e. The molecule has 6 heteroatoms. The minimum absolute atomic E-state index is 0.217. The van der Waals surface area contributed by atoms with Crippen molar-refractivity contribution < 1.29 is 19.4 Å². The number of ether oxygens (including phenoxy) is 1. The fraction of sp³-hybridized carbons (Fsp3) is 0.529. The lowest BCUT2D eigenvalue weighted by Gasteiger charge is -2.37. The Bertz CT molecular complexity index is 579. The fourth-order valence-electron chi connectivity index (χ4n) is 2.79. The first-order chi connectivity index (χ1) is 10.7. The second kappa shape index (κ2) is 7.07. The highest BCUT2D eigenvalue weighted by atomic mass is 127. The van der Waals surface area contributed by atoms with Gasteiger partial charge in [0, 0.05) is 22.6 Å². The van der Waals surface area contributed by atoms with Gasteiger partial charge in [0.25, 0.3) is 0 Å². The van der Waals surface area contributed by atoms with Crippen LogP contribution in [-0.2, 0) is 9.53 Å². The predicted molar refractivity (Wildman–Crippen MR) is 95.4 cm³/mol. The number of carboxylic acids is 1. The molecule has 0 unspecified atom stereocenters. The van der Waals surface area contributed by atoms with Crippen molar-refractivity contribution in [3.05, 3.63) is 33.4 Å². The molecule has 0 spiro atoms. The van der Waals surface area contributed by atoms with E-state index in [4.69, 9.17) is 4.74 Å². The SMILES string of the molecule is CC(C)(C)OC(=O)N1CC[C@H](C(=O)O)[C@@H](c2ccc(I)cc2)C1. The highest BCUT2D eigenvalue weighted by molar-refractivity contribution is 14.1. The molecule has 0 aromatic heterocycles. The molecule has 1 aromatic rings. The van der Waals surface area contributed by atoms with Gasteiger partial charge in [-0.05, 0) is 67.5 Å². The number of likely N-dealkylation sites (tertiary alicyclic amines) is 1. The molecule has 2 rings (SSSR count). The summed E-state index contributed by atoms with van der Waals surface area (Å²) in [4.78, 5) is 25.5. The van der Waals surface area contributed by atoms with Crippen LogP contribution in [0.5, 0.6) is 0 Å². The first-order valence-electron chi connectivity index (χ1n) is 7.63. The van der Waals surface area contributed by atoms with Crippen molar-refractivity contribution in [3.63, 3.8) is 0 Å². The molecule has 1 N–H and O–H groups in total. The van der Waals surface area contributed by atoms with Gasteiger partial charge >= 0.3 is 12.1 Å². The molecule has 1 aliphatic rings. The van der Waals surface area contributed by atoms with Crippen LogP contribution in [0, 0.1) is 9.49 Å². The quantitative estimate of drug-likeness (QED) is 0.726. The second-order valence-corrected chi connectivity index (χ2v) is 8.06. The Morgan fingerprint density at radius 2 is 1.87 bits per heavy atom. The van der Waals surface area contributed by atoms with Crippen molar-refractivity contribution in [3.8, 4) is 0 Å². The number of nitrogens with zero attached hydrogens (tertiary/aromatic N) is 1. The van der Waals surface area contributed by atoms with Crippen LogP contribution in [0.3, 0.4) is 0 Å². The molecular formula is C17H22INO4. The summed E-state index contributed by atoms with van der Waals surface area (Å²) in [5.41, 5.74) is 0.394. The van der Waals surface area contributed by atoms with E-state index >= 15 is 0 Å². The topological polar surface area (TPSA) is 66.8 Å². The van der Waals surface area contributed by atoms with Gasteiger partial charge in [0.2, 0.25) is 0 Å². The number of carbonyl (C=O) groups excluding carboxylic acids is 1. The van der Waals surface area contributed by atoms with Crippen LogP contribution < -0.4 is 0 Å². The number of hydrogen-bond donors (Lipinski definition) is 1. The monoisotopic (exact) mass is 431 g/mol. The van der Waals surface area contributed by atoms with Gasteiger partial charge in [0.15, 0.2) is 0 Å². The zero-order chi connectivity index (χ0) is 17.2. The van der Waals surface area contributed by atoms with Crippen molar-refractivity contribution in [2.24, 2.45) is 5.92 Å². The first kappa shape index (κ1) is 18.0. The van der Waals surface area contributed by atoms with E-state index in [1.165, 1.54) is 0 Å². The van der Waals surface area contributed by atoms with E-state index in [0.717, 1.165) is 9.13 Å². The summed E-state index contributed by atoms with van der Waals surface area (Å²) in [5, 5.41) is 9.50.